The minimum Gasteiger partial charge on any atom is -0.369 e. The number of nitrogen functional groups attached to an aromatic ring is 1. The first-order chi connectivity index (χ1) is 5.24. The molecular weight excluding hydrogens is 144 g/mol. The molecular formula is C6H10N4O. The molecule has 0 bridgehead atoms. The van der Waals surface area contributed by atoms with E-state index in [0.717, 1.165) is 0 Å². The van der Waals surface area contributed by atoms with Crippen LogP contribution in [0.4, 0.5) is 5.95 Å². The lowest BCUT2D eigenvalue weighted by atomic mass is 10.3. The normalized spacial score (nSPS) is 9.91. The highest BCUT2D eigenvalue weighted by molar-refractivity contribution is 5.17. The van der Waals surface area contributed by atoms with Gasteiger partial charge in [-0.05, 0) is 7.05 Å². The Labute approximate surface area is 63.7 Å². The van der Waals surface area contributed by atoms with Crippen LogP contribution in [-0.2, 0) is 6.54 Å². The van der Waals surface area contributed by atoms with Crippen LogP contribution in [0, 0.1) is 0 Å². The van der Waals surface area contributed by atoms with Crippen molar-refractivity contribution in [3.8, 4) is 0 Å². The Morgan fingerprint density at radius 2 is 2.55 bits per heavy atom. The summed E-state index contributed by atoms with van der Waals surface area (Å²) in [4.78, 5) is 17.1. The molecule has 1 heterocycles. The largest absolute Gasteiger partial charge is 0.369 e. The monoisotopic (exact) mass is 154 g/mol. The van der Waals surface area contributed by atoms with Crippen LogP contribution in [0.5, 0.6) is 0 Å². The first-order valence-electron chi connectivity index (χ1n) is 3.22. The molecule has 0 aromatic carbocycles. The third kappa shape index (κ3) is 1.78. The number of nitrogens with two attached hydrogens (primary N) is 1. The van der Waals surface area contributed by atoms with Crippen molar-refractivity contribution in [2.75, 3.05) is 12.8 Å². The number of nitrogens with one attached hydrogen (secondary N) is 2. The Kier molecular flexibility index (Phi) is 2.22. The molecule has 11 heavy (non-hydrogen) atoms. The molecule has 0 saturated heterocycles. The first kappa shape index (κ1) is 7.74. The molecule has 0 spiro atoms. The summed E-state index contributed by atoms with van der Waals surface area (Å²) in [6, 6.07) is 0. The topological polar surface area (TPSA) is 83.8 Å². The van der Waals surface area contributed by atoms with Gasteiger partial charge in [-0.2, -0.15) is 0 Å². The smallest absolute Gasteiger partial charge is 0.256 e. The fourth-order valence-electron chi connectivity index (χ4n) is 0.751. The minimum absolute atomic E-state index is 0.148. The lowest BCUT2D eigenvalue weighted by Gasteiger charge is -1.97. The molecule has 0 aliphatic rings. The van der Waals surface area contributed by atoms with Crippen LogP contribution in [0.15, 0.2) is 11.0 Å². The van der Waals surface area contributed by atoms with Gasteiger partial charge >= 0.3 is 0 Å². The zero-order valence-electron chi connectivity index (χ0n) is 6.22. The predicted octanol–water partition coefficient (Wildman–Crippen LogP) is -0.928. The molecule has 0 aliphatic carbocycles. The Hall–Kier alpha value is -1.36. The summed E-state index contributed by atoms with van der Waals surface area (Å²) in [7, 11) is 1.76. The van der Waals surface area contributed by atoms with Crippen molar-refractivity contribution in [1.29, 1.82) is 0 Å². The van der Waals surface area contributed by atoms with Crippen LogP contribution in [0.1, 0.15) is 5.56 Å². The van der Waals surface area contributed by atoms with E-state index in [1.165, 1.54) is 6.20 Å². The lowest BCUT2D eigenvalue weighted by Crippen LogP contribution is -2.20. The van der Waals surface area contributed by atoms with Crippen molar-refractivity contribution in [1.82, 2.24) is 15.3 Å². The number of nitrogens with zero attached hydrogens (tertiary/aromatic N) is 1. The zero-order valence-corrected chi connectivity index (χ0v) is 6.22. The average Bonchev–Trinajstić information content (AvgIpc) is 1.95. The molecule has 5 nitrogen and oxygen atoms in total. The van der Waals surface area contributed by atoms with Crippen molar-refractivity contribution in [3.63, 3.8) is 0 Å². The van der Waals surface area contributed by atoms with Gasteiger partial charge in [-0.15, -0.1) is 0 Å². The second-order valence-electron chi connectivity index (χ2n) is 2.15. The van der Waals surface area contributed by atoms with E-state index in [-0.39, 0.29) is 11.5 Å². The number of H-pyrrole nitrogens is 1. The number of aromatic nitrogens is 2. The van der Waals surface area contributed by atoms with E-state index in [1.807, 2.05) is 0 Å². The molecule has 0 radical (unpaired) electrons. The maximum Gasteiger partial charge on any atom is 0.256 e. The summed E-state index contributed by atoms with van der Waals surface area (Å²) in [5, 5.41) is 2.84. The van der Waals surface area contributed by atoms with Gasteiger partial charge in [0.05, 0.1) is 0 Å². The van der Waals surface area contributed by atoms with Gasteiger partial charge in [0.15, 0.2) is 5.95 Å². The molecule has 5 heteroatoms. The van der Waals surface area contributed by atoms with Crippen LogP contribution in [0.2, 0.25) is 0 Å². The van der Waals surface area contributed by atoms with E-state index in [9.17, 15) is 4.79 Å². The lowest BCUT2D eigenvalue weighted by molar-refractivity contribution is 0.798. The van der Waals surface area contributed by atoms with E-state index >= 15 is 0 Å². The van der Waals surface area contributed by atoms with E-state index in [2.05, 4.69) is 15.3 Å². The van der Waals surface area contributed by atoms with Gasteiger partial charge in [-0.1, -0.05) is 0 Å². The predicted molar refractivity (Wildman–Crippen MR) is 42.0 cm³/mol. The Morgan fingerprint density at radius 1 is 1.82 bits per heavy atom. The number of anilines is 1. The van der Waals surface area contributed by atoms with Gasteiger partial charge in [-0.3, -0.25) is 9.78 Å². The van der Waals surface area contributed by atoms with Crippen molar-refractivity contribution in [2.45, 2.75) is 6.54 Å². The molecule has 1 aromatic rings. The van der Waals surface area contributed by atoms with Gasteiger partial charge in [0.2, 0.25) is 0 Å². The standard InChI is InChI=1S/C6H10N4O/c1-8-2-4-3-9-6(7)10-5(4)11/h3,8H,2H2,1H3,(H3,7,9,10,11). The Bertz CT molecular complexity index is 293. The first-order valence-corrected chi connectivity index (χ1v) is 3.22. The van der Waals surface area contributed by atoms with Crippen molar-refractivity contribution < 1.29 is 0 Å². The van der Waals surface area contributed by atoms with Crippen LogP contribution in [0.3, 0.4) is 0 Å². The molecule has 0 saturated carbocycles. The van der Waals surface area contributed by atoms with E-state index in [4.69, 9.17) is 5.73 Å². The van der Waals surface area contributed by atoms with Crippen LogP contribution in [-0.4, -0.2) is 17.0 Å². The maximum absolute atomic E-state index is 11.0. The third-order valence-corrected chi connectivity index (χ3v) is 1.26. The van der Waals surface area contributed by atoms with Crippen molar-refractivity contribution in [3.05, 3.63) is 22.1 Å². The summed E-state index contributed by atoms with van der Waals surface area (Å²) >= 11 is 0. The number of rotatable bonds is 2. The summed E-state index contributed by atoms with van der Waals surface area (Å²) in [6.07, 6.45) is 1.46. The summed E-state index contributed by atoms with van der Waals surface area (Å²) in [5.74, 6) is 0.148. The molecule has 0 amide bonds. The highest BCUT2D eigenvalue weighted by Crippen LogP contribution is 1.88. The number of hydrogen-bond donors (Lipinski definition) is 3. The molecule has 1 aromatic heterocycles. The highest BCUT2D eigenvalue weighted by Gasteiger charge is 1.97. The van der Waals surface area contributed by atoms with Crippen molar-refractivity contribution >= 4 is 5.95 Å². The summed E-state index contributed by atoms with van der Waals surface area (Å²) in [6.45, 7) is 0.503. The molecule has 0 atom stereocenters. The van der Waals surface area contributed by atoms with Gasteiger partial charge in [-0.25, -0.2) is 4.98 Å². The average molecular weight is 154 g/mol. The van der Waals surface area contributed by atoms with Crippen LogP contribution >= 0.6 is 0 Å². The fourth-order valence-corrected chi connectivity index (χ4v) is 0.751. The number of hydrogen-bond acceptors (Lipinski definition) is 4. The molecule has 60 valence electrons. The Morgan fingerprint density at radius 3 is 3.09 bits per heavy atom. The van der Waals surface area contributed by atoms with E-state index < -0.39 is 0 Å². The maximum atomic E-state index is 11.0. The van der Waals surface area contributed by atoms with Gasteiger partial charge in [0, 0.05) is 18.3 Å². The summed E-state index contributed by atoms with van der Waals surface area (Å²) in [5.41, 5.74) is 5.63. The van der Waals surface area contributed by atoms with Gasteiger partial charge < -0.3 is 11.1 Å². The SMILES string of the molecule is CNCc1cnc(N)[nH]c1=O. The van der Waals surface area contributed by atoms with Crippen LogP contribution in [0.25, 0.3) is 0 Å². The minimum atomic E-state index is -0.188. The highest BCUT2D eigenvalue weighted by atomic mass is 16.1. The zero-order chi connectivity index (χ0) is 8.27. The molecule has 4 N–H and O–H groups in total. The van der Waals surface area contributed by atoms with Crippen molar-refractivity contribution in [2.24, 2.45) is 0 Å². The third-order valence-electron chi connectivity index (χ3n) is 1.26. The molecule has 0 fully saturated rings. The van der Waals surface area contributed by atoms with Crippen LogP contribution < -0.4 is 16.6 Å². The van der Waals surface area contributed by atoms with E-state index in [1.54, 1.807) is 7.05 Å². The van der Waals surface area contributed by atoms with Gasteiger partial charge in [0.25, 0.3) is 5.56 Å². The molecule has 0 aliphatic heterocycles. The van der Waals surface area contributed by atoms with E-state index in [0.29, 0.717) is 12.1 Å². The molecule has 0 unspecified atom stereocenters. The van der Waals surface area contributed by atoms with Gasteiger partial charge in [0.1, 0.15) is 0 Å². The Balaban J connectivity index is 3.00. The second-order valence-corrected chi connectivity index (χ2v) is 2.15. The second kappa shape index (κ2) is 3.16. The quantitative estimate of drug-likeness (QED) is 0.514. The number of aromatic amines is 1. The summed E-state index contributed by atoms with van der Waals surface area (Å²) < 4.78 is 0. The molecule has 1 rings (SSSR count). The fraction of sp³-hybridized carbons (Fsp3) is 0.333.